The van der Waals surface area contributed by atoms with E-state index in [1.54, 1.807) is 37.4 Å². The lowest BCUT2D eigenvalue weighted by atomic mass is 9.83. The number of esters is 1. The second-order valence-electron chi connectivity index (χ2n) is 9.26. The number of urea groups is 1. The van der Waals surface area contributed by atoms with Gasteiger partial charge in [-0.3, -0.25) is 4.79 Å². The monoisotopic (exact) mass is 519 g/mol. The fourth-order valence-electron chi connectivity index (χ4n) is 4.89. The van der Waals surface area contributed by atoms with Gasteiger partial charge < -0.3 is 30.2 Å². The molecule has 0 aromatic heterocycles. The van der Waals surface area contributed by atoms with Crippen molar-refractivity contribution in [2.45, 2.75) is 38.1 Å². The third-order valence-corrected chi connectivity index (χ3v) is 6.90. The Balaban J connectivity index is 1.62. The summed E-state index contributed by atoms with van der Waals surface area (Å²) in [6, 6.07) is 14.7. The van der Waals surface area contributed by atoms with Gasteiger partial charge in [0.1, 0.15) is 17.5 Å². The van der Waals surface area contributed by atoms with Crippen LogP contribution in [0.4, 0.5) is 16.2 Å². The van der Waals surface area contributed by atoms with Crippen LogP contribution in [-0.4, -0.2) is 45.3 Å². The van der Waals surface area contributed by atoms with E-state index in [1.165, 1.54) is 14.2 Å². The first-order valence-corrected chi connectivity index (χ1v) is 12.6. The molecule has 4 rings (SSSR count). The van der Waals surface area contributed by atoms with Crippen molar-refractivity contribution in [2.24, 2.45) is 5.92 Å². The number of carbonyl (C=O) groups is 3. The van der Waals surface area contributed by atoms with Crippen LogP contribution in [0.5, 0.6) is 11.5 Å². The van der Waals surface area contributed by atoms with Crippen molar-refractivity contribution in [2.75, 3.05) is 32.0 Å². The smallest absolute Gasteiger partial charge is 0.328 e. The minimum Gasteiger partial charge on any atom is -0.497 e. The first-order chi connectivity index (χ1) is 18.4. The predicted octanol–water partition coefficient (Wildman–Crippen LogP) is 5.35. The Morgan fingerprint density at radius 2 is 1.50 bits per heavy atom. The van der Waals surface area contributed by atoms with E-state index in [2.05, 4.69) is 16.0 Å². The van der Waals surface area contributed by atoms with Gasteiger partial charge in [-0.1, -0.05) is 43.5 Å². The first-order valence-electron chi connectivity index (χ1n) is 12.6. The average Bonchev–Trinajstić information content (AvgIpc) is 2.95. The minimum atomic E-state index is -0.760. The molecule has 0 bridgehead atoms. The average molecular weight is 520 g/mol. The quantitative estimate of drug-likeness (QED) is 0.346. The molecule has 200 valence electrons. The molecule has 9 nitrogen and oxygen atoms in total. The number of hydrogen-bond acceptors (Lipinski definition) is 6. The van der Waals surface area contributed by atoms with E-state index in [1.807, 2.05) is 24.3 Å². The molecule has 1 aliphatic rings. The third-order valence-electron chi connectivity index (χ3n) is 6.90. The third kappa shape index (κ3) is 6.16. The molecular weight excluding hydrogens is 486 g/mol. The number of carbonyl (C=O) groups excluding carboxylic acids is 3. The number of anilines is 2. The van der Waals surface area contributed by atoms with E-state index in [9.17, 15) is 14.4 Å². The van der Waals surface area contributed by atoms with Gasteiger partial charge >= 0.3 is 12.0 Å². The van der Waals surface area contributed by atoms with Crippen LogP contribution in [0, 0.1) is 5.92 Å². The number of methoxy groups -OCH3 is 3. The highest BCUT2D eigenvalue weighted by molar-refractivity contribution is 6.10. The van der Waals surface area contributed by atoms with E-state index in [0.29, 0.717) is 22.9 Å². The molecule has 3 amide bonds. The zero-order valence-electron chi connectivity index (χ0n) is 21.8. The molecule has 0 saturated heterocycles. The summed E-state index contributed by atoms with van der Waals surface area (Å²) in [4.78, 5) is 39.2. The van der Waals surface area contributed by atoms with Crippen molar-refractivity contribution in [3.63, 3.8) is 0 Å². The molecule has 0 radical (unpaired) electrons. The van der Waals surface area contributed by atoms with E-state index in [0.717, 1.165) is 42.9 Å². The fraction of sp³-hybridized carbons (Fsp3) is 0.345. The van der Waals surface area contributed by atoms with Crippen LogP contribution in [0.25, 0.3) is 10.8 Å². The maximum Gasteiger partial charge on any atom is 0.328 e. The van der Waals surface area contributed by atoms with Crippen LogP contribution in [0.2, 0.25) is 0 Å². The molecular formula is C29H33N3O6. The fourth-order valence-corrected chi connectivity index (χ4v) is 4.89. The van der Waals surface area contributed by atoms with Crippen LogP contribution in [-0.2, 0) is 9.53 Å². The van der Waals surface area contributed by atoms with Crippen molar-refractivity contribution in [1.82, 2.24) is 5.32 Å². The Morgan fingerprint density at radius 3 is 2.16 bits per heavy atom. The van der Waals surface area contributed by atoms with Gasteiger partial charge in [0, 0.05) is 6.07 Å². The molecule has 1 fully saturated rings. The van der Waals surface area contributed by atoms with E-state index >= 15 is 0 Å². The lowest BCUT2D eigenvalue weighted by Crippen LogP contribution is -2.47. The summed E-state index contributed by atoms with van der Waals surface area (Å²) in [5.41, 5.74) is 0.976. The maximum absolute atomic E-state index is 13.6. The second-order valence-corrected chi connectivity index (χ2v) is 9.26. The van der Waals surface area contributed by atoms with Crippen LogP contribution < -0.4 is 25.4 Å². The minimum absolute atomic E-state index is 0.00264. The Morgan fingerprint density at radius 1 is 0.816 bits per heavy atom. The van der Waals surface area contributed by atoms with Crippen LogP contribution in [0.15, 0.2) is 54.6 Å². The molecule has 3 N–H and O–H groups in total. The van der Waals surface area contributed by atoms with Crippen molar-refractivity contribution in [3.8, 4) is 11.5 Å². The number of rotatable bonds is 8. The summed E-state index contributed by atoms with van der Waals surface area (Å²) in [7, 11) is 4.36. The zero-order valence-corrected chi connectivity index (χ0v) is 21.8. The van der Waals surface area contributed by atoms with Gasteiger partial charge in [-0.2, -0.15) is 0 Å². The molecule has 1 saturated carbocycles. The van der Waals surface area contributed by atoms with Gasteiger partial charge in [0.2, 0.25) is 0 Å². The summed E-state index contributed by atoms with van der Waals surface area (Å²) in [6.45, 7) is 0. The SMILES string of the molecule is COC(=O)[C@@H](NC(=O)c1cc2ccccc2cc1NC(=O)Nc1ccc(OC)cc1OC)C1CCCCC1. The van der Waals surface area contributed by atoms with Crippen molar-refractivity contribution >= 4 is 40.1 Å². The Kier molecular flexibility index (Phi) is 8.68. The normalized spacial score (nSPS) is 14.3. The zero-order chi connectivity index (χ0) is 27.1. The Hall–Kier alpha value is -4.27. The predicted molar refractivity (Wildman–Crippen MR) is 146 cm³/mol. The molecule has 0 aliphatic heterocycles. The van der Waals surface area contributed by atoms with Crippen molar-refractivity contribution in [3.05, 3.63) is 60.2 Å². The topological polar surface area (TPSA) is 115 Å². The largest absolute Gasteiger partial charge is 0.497 e. The van der Waals surface area contributed by atoms with Gasteiger partial charge in [-0.15, -0.1) is 0 Å². The van der Waals surface area contributed by atoms with Crippen LogP contribution in [0.3, 0.4) is 0 Å². The first kappa shape index (κ1) is 26.8. The van der Waals surface area contributed by atoms with Gasteiger partial charge in [-0.25, -0.2) is 9.59 Å². The van der Waals surface area contributed by atoms with Crippen molar-refractivity contribution < 1.29 is 28.6 Å². The van der Waals surface area contributed by atoms with Gasteiger partial charge in [0.05, 0.1) is 38.3 Å². The highest BCUT2D eigenvalue weighted by Gasteiger charge is 2.32. The molecule has 0 unspecified atom stereocenters. The lowest BCUT2D eigenvalue weighted by molar-refractivity contribution is -0.144. The standard InChI is InChI=1S/C29H33N3O6/c1-36-21-13-14-23(25(17-21)37-2)30-29(35)31-24-16-20-12-8-7-11-19(20)15-22(24)27(33)32-26(28(34)38-3)18-9-5-4-6-10-18/h7-8,11-18,26H,4-6,9-10H2,1-3H3,(H,32,33)(H2,30,31,35)/t26-/m0/s1. The summed E-state index contributed by atoms with van der Waals surface area (Å²) in [5.74, 6) is 0.0746. The maximum atomic E-state index is 13.6. The van der Waals surface area contributed by atoms with Gasteiger partial charge in [0.25, 0.3) is 5.91 Å². The van der Waals surface area contributed by atoms with Crippen LogP contribution >= 0.6 is 0 Å². The number of fused-ring (bicyclic) bond motifs is 1. The molecule has 3 aromatic rings. The molecule has 1 atom stereocenters. The van der Waals surface area contributed by atoms with Crippen LogP contribution in [0.1, 0.15) is 42.5 Å². The number of hydrogen-bond donors (Lipinski definition) is 3. The summed E-state index contributed by atoms with van der Waals surface area (Å²) < 4.78 is 15.6. The van der Waals surface area contributed by atoms with Gasteiger partial charge in [0.15, 0.2) is 0 Å². The molecule has 38 heavy (non-hydrogen) atoms. The summed E-state index contributed by atoms with van der Waals surface area (Å²) >= 11 is 0. The number of nitrogens with one attached hydrogen (secondary N) is 3. The second kappa shape index (κ2) is 12.3. The highest BCUT2D eigenvalue weighted by Crippen LogP contribution is 2.31. The van der Waals surface area contributed by atoms with Gasteiger partial charge in [-0.05, 0) is 53.8 Å². The number of benzene rings is 3. The van der Waals surface area contributed by atoms with E-state index < -0.39 is 23.9 Å². The molecule has 0 heterocycles. The Labute approximate surface area is 221 Å². The van der Waals surface area contributed by atoms with Crippen molar-refractivity contribution in [1.29, 1.82) is 0 Å². The summed E-state index contributed by atoms with van der Waals surface area (Å²) in [5, 5.41) is 10.1. The highest BCUT2D eigenvalue weighted by atomic mass is 16.5. The number of ether oxygens (including phenoxy) is 3. The molecule has 0 spiro atoms. The number of amides is 3. The van der Waals surface area contributed by atoms with E-state index in [-0.39, 0.29) is 11.5 Å². The molecule has 3 aromatic carbocycles. The summed E-state index contributed by atoms with van der Waals surface area (Å²) in [6.07, 6.45) is 4.81. The lowest BCUT2D eigenvalue weighted by Gasteiger charge is -2.29. The van der Waals surface area contributed by atoms with E-state index in [4.69, 9.17) is 14.2 Å². The Bertz CT molecular complexity index is 1320. The molecule has 9 heteroatoms. The molecule has 1 aliphatic carbocycles.